The minimum atomic E-state index is -1.03. The summed E-state index contributed by atoms with van der Waals surface area (Å²) in [6.07, 6.45) is 5.53. The molecule has 1 aliphatic carbocycles. The summed E-state index contributed by atoms with van der Waals surface area (Å²) in [6, 6.07) is 0. The van der Waals surface area contributed by atoms with Crippen molar-refractivity contribution in [3.8, 4) is 0 Å². The van der Waals surface area contributed by atoms with E-state index < -0.39 is 5.41 Å². The lowest BCUT2D eigenvalue weighted by Gasteiger charge is -2.32. The molecule has 0 aromatic rings. The van der Waals surface area contributed by atoms with E-state index in [1.54, 1.807) is 0 Å². The Labute approximate surface area is 109 Å². The van der Waals surface area contributed by atoms with Crippen molar-refractivity contribution in [2.75, 3.05) is 13.2 Å². The monoisotopic (exact) mass is 256 g/mol. The molecule has 1 rings (SSSR count). The van der Waals surface area contributed by atoms with Crippen LogP contribution in [-0.4, -0.2) is 25.2 Å². The first-order valence-corrected chi connectivity index (χ1v) is 7.02. The van der Waals surface area contributed by atoms with Gasteiger partial charge in [0.1, 0.15) is 0 Å². The van der Waals surface area contributed by atoms with Gasteiger partial charge in [-0.3, -0.25) is 9.59 Å². The molecule has 0 unspecified atom stereocenters. The van der Waals surface area contributed by atoms with Crippen molar-refractivity contribution >= 4 is 11.9 Å². The minimum absolute atomic E-state index is 0.377. The molecular weight excluding hydrogens is 232 g/mol. The third-order valence-corrected chi connectivity index (χ3v) is 3.36. The van der Waals surface area contributed by atoms with Crippen LogP contribution in [0.15, 0.2) is 0 Å². The summed E-state index contributed by atoms with van der Waals surface area (Å²) in [4.78, 5) is 24.3. The molecule has 0 amide bonds. The van der Waals surface area contributed by atoms with Crippen molar-refractivity contribution in [2.24, 2.45) is 5.41 Å². The lowest BCUT2D eigenvalue weighted by molar-refractivity contribution is -0.175. The zero-order valence-electron chi connectivity index (χ0n) is 11.5. The maximum Gasteiger partial charge on any atom is 0.323 e. The first kappa shape index (κ1) is 15.0. The molecule has 0 spiro atoms. The van der Waals surface area contributed by atoms with Gasteiger partial charge in [-0.05, 0) is 25.7 Å². The highest BCUT2D eigenvalue weighted by molar-refractivity contribution is 6.00. The average molecular weight is 256 g/mol. The summed E-state index contributed by atoms with van der Waals surface area (Å²) >= 11 is 0. The van der Waals surface area contributed by atoms with Gasteiger partial charge in [-0.1, -0.05) is 33.1 Å². The van der Waals surface area contributed by atoms with E-state index in [9.17, 15) is 9.59 Å². The number of esters is 2. The van der Waals surface area contributed by atoms with E-state index in [0.29, 0.717) is 26.1 Å². The van der Waals surface area contributed by atoms with Crippen molar-refractivity contribution in [3.63, 3.8) is 0 Å². The molecule has 18 heavy (non-hydrogen) atoms. The van der Waals surface area contributed by atoms with Crippen molar-refractivity contribution < 1.29 is 19.1 Å². The van der Waals surface area contributed by atoms with Gasteiger partial charge in [0.15, 0.2) is 5.41 Å². The van der Waals surface area contributed by atoms with Crippen molar-refractivity contribution in [1.29, 1.82) is 0 Å². The van der Waals surface area contributed by atoms with Gasteiger partial charge < -0.3 is 9.47 Å². The predicted octanol–water partition coefficient (Wildman–Crippen LogP) is 2.84. The Hall–Kier alpha value is -1.06. The molecule has 1 aliphatic rings. The summed E-state index contributed by atoms with van der Waals surface area (Å²) in [5.74, 6) is -0.768. The fourth-order valence-corrected chi connectivity index (χ4v) is 2.31. The molecule has 0 aromatic heterocycles. The van der Waals surface area contributed by atoms with Gasteiger partial charge in [0.25, 0.3) is 0 Å². The molecule has 104 valence electrons. The third kappa shape index (κ3) is 3.47. The Kier molecular flexibility index (Phi) is 6.16. The van der Waals surface area contributed by atoms with E-state index in [4.69, 9.17) is 9.47 Å². The van der Waals surface area contributed by atoms with Crippen molar-refractivity contribution in [3.05, 3.63) is 0 Å². The SMILES string of the molecule is CCCOC(=O)C1(C(=O)OCCC)CCCCC1. The number of carbonyl (C=O) groups is 2. The summed E-state index contributed by atoms with van der Waals surface area (Å²) in [7, 11) is 0. The topological polar surface area (TPSA) is 52.6 Å². The third-order valence-electron chi connectivity index (χ3n) is 3.36. The van der Waals surface area contributed by atoms with Crippen LogP contribution in [0.1, 0.15) is 58.8 Å². The fraction of sp³-hybridized carbons (Fsp3) is 0.857. The largest absolute Gasteiger partial charge is 0.465 e. The Morgan fingerprint density at radius 3 is 1.72 bits per heavy atom. The summed E-state index contributed by atoms with van der Waals surface area (Å²) in [5.41, 5.74) is -1.03. The Morgan fingerprint density at radius 1 is 0.889 bits per heavy atom. The molecule has 0 radical (unpaired) electrons. The maximum atomic E-state index is 12.2. The van der Waals surface area contributed by atoms with E-state index in [1.807, 2.05) is 13.8 Å². The smallest absolute Gasteiger partial charge is 0.323 e. The molecule has 0 aliphatic heterocycles. The highest BCUT2D eigenvalue weighted by Crippen LogP contribution is 2.38. The second kappa shape index (κ2) is 7.39. The molecule has 1 saturated carbocycles. The summed E-state index contributed by atoms with van der Waals surface area (Å²) in [6.45, 7) is 4.63. The quantitative estimate of drug-likeness (QED) is 0.541. The van der Waals surface area contributed by atoms with Crippen LogP contribution in [0.25, 0.3) is 0 Å². The summed E-state index contributed by atoms with van der Waals surface area (Å²) < 4.78 is 10.4. The van der Waals surface area contributed by atoms with E-state index in [1.165, 1.54) is 0 Å². The van der Waals surface area contributed by atoms with Crippen LogP contribution in [0.5, 0.6) is 0 Å². The van der Waals surface area contributed by atoms with E-state index >= 15 is 0 Å². The van der Waals surface area contributed by atoms with Crippen molar-refractivity contribution in [1.82, 2.24) is 0 Å². The average Bonchev–Trinajstić information content (AvgIpc) is 2.42. The van der Waals surface area contributed by atoms with Crippen LogP contribution in [0.3, 0.4) is 0 Å². The van der Waals surface area contributed by atoms with E-state index in [-0.39, 0.29) is 11.9 Å². The lowest BCUT2D eigenvalue weighted by atomic mass is 9.74. The second-order valence-electron chi connectivity index (χ2n) is 4.91. The number of hydrogen-bond donors (Lipinski definition) is 0. The Morgan fingerprint density at radius 2 is 1.33 bits per heavy atom. The van der Waals surface area contributed by atoms with Gasteiger partial charge >= 0.3 is 11.9 Å². The normalized spacial score (nSPS) is 18.1. The van der Waals surface area contributed by atoms with Crippen LogP contribution in [0.2, 0.25) is 0 Å². The van der Waals surface area contributed by atoms with Gasteiger partial charge in [0.2, 0.25) is 0 Å². The van der Waals surface area contributed by atoms with Crippen LogP contribution in [-0.2, 0) is 19.1 Å². The first-order chi connectivity index (χ1) is 8.67. The molecule has 1 fully saturated rings. The number of hydrogen-bond acceptors (Lipinski definition) is 4. The number of rotatable bonds is 6. The molecule has 4 heteroatoms. The predicted molar refractivity (Wildman–Crippen MR) is 68.0 cm³/mol. The van der Waals surface area contributed by atoms with Gasteiger partial charge in [-0.2, -0.15) is 0 Å². The van der Waals surface area contributed by atoms with Crippen molar-refractivity contribution in [2.45, 2.75) is 58.8 Å². The second-order valence-corrected chi connectivity index (χ2v) is 4.91. The zero-order chi connectivity index (χ0) is 13.4. The van der Waals surface area contributed by atoms with Gasteiger partial charge in [-0.25, -0.2) is 0 Å². The fourth-order valence-electron chi connectivity index (χ4n) is 2.31. The Balaban J connectivity index is 2.73. The standard InChI is InChI=1S/C14H24O4/c1-3-10-17-12(15)14(8-6-5-7-9-14)13(16)18-11-4-2/h3-11H2,1-2H3. The van der Waals surface area contributed by atoms with Crippen LogP contribution < -0.4 is 0 Å². The molecule has 0 N–H and O–H groups in total. The molecule has 0 saturated heterocycles. The molecule has 4 nitrogen and oxygen atoms in total. The molecule has 0 bridgehead atoms. The summed E-state index contributed by atoms with van der Waals surface area (Å²) in [5, 5.41) is 0. The van der Waals surface area contributed by atoms with Crippen LogP contribution in [0.4, 0.5) is 0 Å². The molecule has 0 atom stereocenters. The Bertz CT molecular complexity index is 258. The molecular formula is C14H24O4. The number of ether oxygens (including phenoxy) is 2. The lowest BCUT2D eigenvalue weighted by Crippen LogP contribution is -2.43. The van der Waals surface area contributed by atoms with E-state index in [2.05, 4.69) is 0 Å². The maximum absolute atomic E-state index is 12.2. The van der Waals surface area contributed by atoms with Crippen LogP contribution in [0, 0.1) is 5.41 Å². The van der Waals surface area contributed by atoms with Gasteiger partial charge in [-0.15, -0.1) is 0 Å². The zero-order valence-corrected chi connectivity index (χ0v) is 11.5. The van der Waals surface area contributed by atoms with Gasteiger partial charge in [0, 0.05) is 0 Å². The highest BCUT2D eigenvalue weighted by Gasteiger charge is 2.49. The highest BCUT2D eigenvalue weighted by atomic mass is 16.6. The van der Waals surface area contributed by atoms with E-state index in [0.717, 1.165) is 32.1 Å². The minimum Gasteiger partial charge on any atom is -0.465 e. The molecule has 0 heterocycles. The first-order valence-electron chi connectivity index (χ1n) is 7.02. The van der Waals surface area contributed by atoms with Gasteiger partial charge in [0.05, 0.1) is 13.2 Å². The number of carbonyl (C=O) groups excluding carboxylic acids is 2. The van der Waals surface area contributed by atoms with Crippen LogP contribution >= 0.6 is 0 Å². The molecule has 0 aromatic carbocycles.